The second kappa shape index (κ2) is 9.53. The first-order valence-electron chi connectivity index (χ1n) is 12.0. The van der Waals surface area contributed by atoms with Crippen LogP contribution in [0.5, 0.6) is 5.75 Å². The molecule has 2 N–H and O–H groups in total. The molecule has 3 aromatic rings. The minimum absolute atomic E-state index is 0.0109. The maximum Gasteiger partial charge on any atom is 0.335 e. The number of hydrazone groups is 1. The van der Waals surface area contributed by atoms with E-state index in [0.29, 0.717) is 18.1 Å². The SMILES string of the molecule is CCOc1cc2c(cc1/C(=N/Nc1ccccn1)c1ccc(C(=O)O)cc1)C(C)(C)CCC2(C)C. The van der Waals surface area contributed by atoms with Crippen LogP contribution in [0.1, 0.15) is 80.1 Å². The Morgan fingerprint density at radius 2 is 1.63 bits per heavy atom. The first-order chi connectivity index (χ1) is 16.6. The fourth-order valence-electron chi connectivity index (χ4n) is 4.65. The zero-order valence-corrected chi connectivity index (χ0v) is 21.1. The Hall–Kier alpha value is -3.67. The molecule has 6 nitrogen and oxygen atoms in total. The van der Waals surface area contributed by atoms with Crippen molar-refractivity contribution in [3.05, 3.63) is 88.6 Å². The van der Waals surface area contributed by atoms with Gasteiger partial charge in [-0.1, -0.05) is 45.9 Å². The first-order valence-corrected chi connectivity index (χ1v) is 12.0. The Morgan fingerprint density at radius 1 is 1.00 bits per heavy atom. The third-order valence-electron chi connectivity index (χ3n) is 6.86. The number of carboxylic acid groups (broad SMARTS) is 1. The van der Waals surface area contributed by atoms with Crippen LogP contribution in [0.4, 0.5) is 5.82 Å². The molecule has 0 saturated carbocycles. The zero-order valence-electron chi connectivity index (χ0n) is 21.1. The Labute approximate surface area is 207 Å². The molecular formula is C29H33N3O3. The lowest BCUT2D eigenvalue weighted by atomic mass is 9.62. The van der Waals surface area contributed by atoms with Crippen molar-refractivity contribution in [3.63, 3.8) is 0 Å². The van der Waals surface area contributed by atoms with E-state index in [9.17, 15) is 9.90 Å². The molecule has 35 heavy (non-hydrogen) atoms. The van der Waals surface area contributed by atoms with E-state index in [0.717, 1.165) is 29.7 Å². The van der Waals surface area contributed by atoms with Crippen molar-refractivity contribution in [1.82, 2.24) is 4.98 Å². The lowest BCUT2D eigenvalue weighted by molar-refractivity contribution is 0.0697. The number of carbonyl (C=O) groups is 1. The highest BCUT2D eigenvalue weighted by Gasteiger charge is 2.38. The van der Waals surface area contributed by atoms with Crippen LogP contribution in [0.3, 0.4) is 0 Å². The normalized spacial score (nSPS) is 16.3. The van der Waals surface area contributed by atoms with E-state index in [1.54, 1.807) is 30.5 Å². The summed E-state index contributed by atoms with van der Waals surface area (Å²) in [4.78, 5) is 15.7. The molecule has 0 saturated heterocycles. The molecule has 182 valence electrons. The monoisotopic (exact) mass is 471 g/mol. The summed E-state index contributed by atoms with van der Waals surface area (Å²) in [6.45, 7) is 11.7. The van der Waals surface area contributed by atoms with Crippen molar-refractivity contribution in [1.29, 1.82) is 0 Å². The number of rotatable bonds is 7. The topological polar surface area (TPSA) is 83.8 Å². The van der Waals surface area contributed by atoms with Gasteiger partial charge in [0.05, 0.1) is 12.2 Å². The summed E-state index contributed by atoms with van der Waals surface area (Å²) in [5.41, 5.74) is 8.26. The number of aromatic nitrogens is 1. The summed E-state index contributed by atoms with van der Waals surface area (Å²) in [7, 11) is 0. The van der Waals surface area contributed by atoms with Crippen LogP contribution in [-0.2, 0) is 10.8 Å². The molecule has 0 atom stereocenters. The van der Waals surface area contributed by atoms with Crippen LogP contribution in [0.25, 0.3) is 0 Å². The van der Waals surface area contributed by atoms with Crippen LogP contribution in [0.2, 0.25) is 0 Å². The first kappa shape index (κ1) is 24.5. The van der Waals surface area contributed by atoms with Gasteiger partial charge >= 0.3 is 5.97 Å². The van der Waals surface area contributed by atoms with Gasteiger partial charge in [0.2, 0.25) is 0 Å². The van der Waals surface area contributed by atoms with Gasteiger partial charge in [-0.25, -0.2) is 9.78 Å². The fourth-order valence-corrected chi connectivity index (χ4v) is 4.65. The molecule has 0 spiro atoms. The van der Waals surface area contributed by atoms with E-state index in [1.807, 2.05) is 25.1 Å². The molecule has 4 rings (SSSR count). The van der Waals surface area contributed by atoms with E-state index in [4.69, 9.17) is 9.84 Å². The van der Waals surface area contributed by atoms with Crippen LogP contribution < -0.4 is 10.2 Å². The Balaban J connectivity index is 1.92. The number of fused-ring (bicyclic) bond motifs is 1. The average Bonchev–Trinajstić information content (AvgIpc) is 2.84. The molecule has 1 aliphatic rings. The van der Waals surface area contributed by atoms with Crippen LogP contribution >= 0.6 is 0 Å². The van der Waals surface area contributed by atoms with Gasteiger partial charge in [0.15, 0.2) is 0 Å². The average molecular weight is 472 g/mol. The number of anilines is 1. The predicted molar refractivity (Wildman–Crippen MR) is 140 cm³/mol. The van der Waals surface area contributed by atoms with Gasteiger partial charge in [-0.05, 0) is 78.1 Å². The van der Waals surface area contributed by atoms with Gasteiger partial charge in [0, 0.05) is 17.3 Å². The van der Waals surface area contributed by atoms with Crippen LogP contribution in [0, 0.1) is 0 Å². The fraction of sp³-hybridized carbons (Fsp3) is 0.345. The number of pyridine rings is 1. The summed E-state index contributed by atoms with van der Waals surface area (Å²) in [6, 6.07) is 16.7. The number of nitrogens with zero attached hydrogens (tertiary/aromatic N) is 2. The van der Waals surface area contributed by atoms with Crippen molar-refractivity contribution < 1.29 is 14.6 Å². The van der Waals surface area contributed by atoms with Gasteiger partial charge in [-0.3, -0.25) is 5.43 Å². The molecule has 1 aromatic heterocycles. The second-order valence-corrected chi connectivity index (χ2v) is 10.3. The maximum absolute atomic E-state index is 11.4. The van der Waals surface area contributed by atoms with E-state index in [1.165, 1.54) is 11.1 Å². The zero-order chi connectivity index (χ0) is 25.2. The van der Waals surface area contributed by atoms with Crippen molar-refractivity contribution >= 4 is 17.5 Å². The van der Waals surface area contributed by atoms with Crippen molar-refractivity contribution in [3.8, 4) is 5.75 Å². The number of hydrogen-bond donors (Lipinski definition) is 2. The number of aromatic carboxylic acids is 1. The third-order valence-corrected chi connectivity index (χ3v) is 6.86. The quantitative estimate of drug-likeness (QED) is 0.308. The molecule has 6 heteroatoms. The molecule has 0 aliphatic heterocycles. The summed E-state index contributed by atoms with van der Waals surface area (Å²) < 4.78 is 6.16. The molecule has 0 unspecified atom stereocenters. The summed E-state index contributed by atoms with van der Waals surface area (Å²) in [6.07, 6.45) is 3.90. The van der Waals surface area contributed by atoms with Gasteiger partial charge in [0.1, 0.15) is 17.3 Å². The van der Waals surface area contributed by atoms with Gasteiger partial charge in [-0.15, -0.1) is 0 Å². The predicted octanol–water partition coefficient (Wildman–Crippen LogP) is 6.39. The number of carboxylic acids is 1. The molecule has 0 bridgehead atoms. The van der Waals surface area contributed by atoms with E-state index in [-0.39, 0.29) is 16.4 Å². The molecule has 0 amide bonds. The largest absolute Gasteiger partial charge is 0.493 e. The number of nitrogens with one attached hydrogen (secondary N) is 1. The third kappa shape index (κ3) is 5.06. The number of hydrogen-bond acceptors (Lipinski definition) is 5. The highest BCUT2D eigenvalue weighted by molar-refractivity contribution is 6.15. The van der Waals surface area contributed by atoms with Crippen molar-refractivity contribution in [2.45, 2.75) is 58.3 Å². The van der Waals surface area contributed by atoms with Crippen LogP contribution in [0.15, 0.2) is 65.9 Å². The summed E-state index contributed by atoms with van der Waals surface area (Å²) >= 11 is 0. The number of benzene rings is 2. The van der Waals surface area contributed by atoms with Crippen LogP contribution in [-0.4, -0.2) is 28.4 Å². The minimum Gasteiger partial charge on any atom is -0.493 e. The Kier molecular flexibility index (Phi) is 6.66. The highest BCUT2D eigenvalue weighted by Crippen LogP contribution is 2.48. The number of ether oxygens (including phenoxy) is 1. The smallest absolute Gasteiger partial charge is 0.335 e. The van der Waals surface area contributed by atoms with E-state index in [2.05, 4.69) is 50.2 Å². The summed E-state index contributed by atoms with van der Waals surface area (Å²) in [5, 5.41) is 14.1. The van der Waals surface area contributed by atoms with Crippen molar-refractivity contribution in [2.75, 3.05) is 12.0 Å². The lowest BCUT2D eigenvalue weighted by Crippen LogP contribution is -2.34. The molecule has 1 heterocycles. The molecule has 2 aromatic carbocycles. The Bertz CT molecular complexity index is 1250. The standard InChI is InChI=1S/C29H33N3O3/c1-6-35-24-18-23-22(28(2,3)14-15-29(23,4)5)17-21(24)26(32-31-25-9-7-8-16-30-25)19-10-12-20(13-11-19)27(33)34/h7-13,16-18H,6,14-15H2,1-5H3,(H,30,31)(H,33,34)/b32-26+. The lowest BCUT2D eigenvalue weighted by Gasteiger charge is -2.42. The molecule has 0 fully saturated rings. The molecular weight excluding hydrogens is 438 g/mol. The van der Waals surface area contributed by atoms with Gasteiger partial charge < -0.3 is 9.84 Å². The minimum atomic E-state index is -0.964. The highest BCUT2D eigenvalue weighted by atomic mass is 16.5. The second-order valence-electron chi connectivity index (χ2n) is 10.3. The molecule has 1 aliphatic carbocycles. The van der Waals surface area contributed by atoms with E-state index < -0.39 is 5.97 Å². The van der Waals surface area contributed by atoms with E-state index >= 15 is 0 Å². The van der Waals surface area contributed by atoms with Gasteiger partial charge in [-0.2, -0.15) is 5.10 Å². The summed E-state index contributed by atoms with van der Waals surface area (Å²) in [5.74, 6) is 0.417. The van der Waals surface area contributed by atoms with Gasteiger partial charge in [0.25, 0.3) is 0 Å². The molecule has 0 radical (unpaired) electrons. The maximum atomic E-state index is 11.4. The van der Waals surface area contributed by atoms with Crippen molar-refractivity contribution in [2.24, 2.45) is 5.10 Å². The Morgan fingerprint density at radius 3 is 2.20 bits per heavy atom.